The van der Waals surface area contributed by atoms with E-state index in [0.717, 1.165) is 16.0 Å². The number of esters is 1. The summed E-state index contributed by atoms with van der Waals surface area (Å²) in [6, 6.07) is 6.46. The Morgan fingerprint density at radius 1 is 1.21 bits per heavy atom. The van der Waals surface area contributed by atoms with Crippen LogP contribution in [0, 0.1) is 20.8 Å². The Kier molecular flexibility index (Phi) is 5.90. The molecule has 0 amide bonds. The number of sulfone groups is 1. The minimum atomic E-state index is -3.58. The van der Waals surface area contributed by atoms with Crippen LogP contribution in [0.3, 0.4) is 0 Å². The molecule has 0 spiro atoms. The summed E-state index contributed by atoms with van der Waals surface area (Å²) in [5.74, 6) is -0.790. The van der Waals surface area contributed by atoms with E-state index >= 15 is 0 Å². The number of aryl methyl sites for hydroxylation is 3. The molecule has 1 aromatic carbocycles. The predicted octanol–water partition coefficient (Wildman–Crippen LogP) is 3.38. The third-order valence-corrected chi connectivity index (χ3v) is 7.54. The maximum atomic E-state index is 12.4. The van der Waals surface area contributed by atoms with Crippen LogP contribution in [0.25, 0.3) is 10.2 Å². The minimum Gasteiger partial charge on any atom is -0.454 e. The van der Waals surface area contributed by atoms with Gasteiger partial charge in [-0.15, -0.1) is 11.3 Å². The first-order valence-corrected chi connectivity index (χ1v) is 11.5. The van der Waals surface area contributed by atoms with E-state index in [-0.39, 0.29) is 28.5 Å². The van der Waals surface area contributed by atoms with Crippen molar-refractivity contribution < 1.29 is 17.9 Å². The zero-order chi connectivity index (χ0) is 21.3. The molecule has 154 valence electrons. The van der Waals surface area contributed by atoms with Crippen LogP contribution in [0.4, 0.5) is 0 Å². The molecule has 3 aromatic rings. The number of benzene rings is 1. The standard InChI is InChI=1S/C20H22N2O5S2/c1-11-5-7-15(8-6-11)29(25,26)10-9-16(23)27-13(3)18-21-19(24)17-12(2)14(4)28-20(17)22-18/h5-8,13H,9-10H2,1-4H3,(H,21,22,24). The lowest BCUT2D eigenvalue weighted by Gasteiger charge is -2.12. The van der Waals surface area contributed by atoms with Crippen LogP contribution in [0.1, 0.15) is 41.3 Å². The van der Waals surface area contributed by atoms with Gasteiger partial charge >= 0.3 is 5.97 Å². The summed E-state index contributed by atoms with van der Waals surface area (Å²) in [6.07, 6.45) is -1.09. The van der Waals surface area contributed by atoms with Gasteiger partial charge in [-0.2, -0.15) is 0 Å². The number of aromatic nitrogens is 2. The smallest absolute Gasteiger partial charge is 0.307 e. The van der Waals surface area contributed by atoms with Crippen molar-refractivity contribution in [2.24, 2.45) is 0 Å². The number of hydrogen-bond donors (Lipinski definition) is 1. The van der Waals surface area contributed by atoms with Gasteiger partial charge in [0, 0.05) is 4.88 Å². The van der Waals surface area contributed by atoms with E-state index in [1.165, 1.54) is 23.5 Å². The maximum Gasteiger partial charge on any atom is 0.307 e. The highest BCUT2D eigenvalue weighted by Gasteiger charge is 2.21. The van der Waals surface area contributed by atoms with Gasteiger partial charge in [0.15, 0.2) is 21.8 Å². The molecule has 3 rings (SSSR count). The first kappa shape index (κ1) is 21.2. The highest BCUT2D eigenvalue weighted by molar-refractivity contribution is 7.91. The van der Waals surface area contributed by atoms with Crippen LogP contribution in [0.15, 0.2) is 34.0 Å². The van der Waals surface area contributed by atoms with Crippen molar-refractivity contribution in [1.29, 1.82) is 0 Å². The summed E-state index contributed by atoms with van der Waals surface area (Å²) in [4.78, 5) is 33.3. The highest BCUT2D eigenvalue weighted by Crippen LogP contribution is 2.27. The summed E-state index contributed by atoms with van der Waals surface area (Å²) in [7, 11) is -3.58. The number of thiophene rings is 1. The molecule has 1 unspecified atom stereocenters. The van der Waals surface area contributed by atoms with Gasteiger partial charge in [-0.3, -0.25) is 9.59 Å². The van der Waals surface area contributed by atoms with Gasteiger partial charge in [0.2, 0.25) is 0 Å². The Bertz CT molecular complexity index is 1220. The molecule has 0 bridgehead atoms. The Balaban J connectivity index is 1.68. The second kappa shape index (κ2) is 8.08. The Hall–Kier alpha value is -2.52. The molecule has 29 heavy (non-hydrogen) atoms. The fourth-order valence-electron chi connectivity index (χ4n) is 2.86. The van der Waals surface area contributed by atoms with Gasteiger partial charge in [-0.05, 0) is 45.4 Å². The molecule has 0 fully saturated rings. The van der Waals surface area contributed by atoms with E-state index in [1.54, 1.807) is 19.1 Å². The molecular formula is C20H22N2O5S2. The number of fused-ring (bicyclic) bond motifs is 1. The maximum absolute atomic E-state index is 12.4. The molecule has 0 aliphatic carbocycles. The molecule has 1 N–H and O–H groups in total. The summed E-state index contributed by atoms with van der Waals surface area (Å²) in [5.41, 5.74) is 1.56. The van der Waals surface area contributed by atoms with Gasteiger partial charge in [0.05, 0.1) is 22.5 Å². The first-order valence-electron chi connectivity index (χ1n) is 9.07. The number of hydrogen-bond acceptors (Lipinski definition) is 7. The SMILES string of the molecule is Cc1ccc(S(=O)(=O)CCC(=O)OC(C)c2nc3sc(C)c(C)c3c(=O)[nH]2)cc1. The molecule has 0 aliphatic heterocycles. The zero-order valence-electron chi connectivity index (χ0n) is 16.6. The molecule has 7 nitrogen and oxygen atoms in total. The average Bonchev–Trinajstić information content (AvgIpc) is 2.95. The topological polar surface area (TPSA) is 106 Å². The fourth-order valence-corrected chi connectivity index (χ4v) is 5.12. The van der Waals surface area contributed by atoms with Crippen molar-refractivity contribution in [3.63, 3.8) is 0 Å². The van der Waals surface area contributed by atoms with E-state index in [9.17, 15) is 18.0 Å². The largest absolute Gasteiger partial charge is 0.454 e. The Morgan fingerprint density at radius 2 is 1.86 bits per heavy atom. The van der Waals surface area contributed by atoms with Crippen LogP contribution in [-0.4, -0.2) is 30.1 Å². The van der Waals surface area contributed by atoms with E-state index in [4.69, 9.17) is 4.74 Å². The van der Waals surface area contributed by atoms with Gasteiger partial charge < -0.3 is 9.72 Å². The third-order valence-electron chi connectivity index (χ3n) is 4.71. The van der Waals surface area contributed by atoms with E-state index in [0.29, 0.717) is 10.2 Å². The quantitative estimate of drug-likeness (QED) is 0.596. The second-order valence-corrected chi connectivity index (χ2v) is 10.2. The van der Waals surface area contributed by atoms with Crippen LogP contribution in [0.5, 0.6) is 0 Å². The highest BCUT2D eigenvalue weighted by atomic mass is 32.2. The number of ether oxygens (including phenoxy) is 1. The first-order chi connectivity index (χ1) is 13.6. The number of carbonyl (C=O) groups is 1. The lowest BCUT2D eigenvalue weighted by molar-refractivity contribution is -0.148. The molecule has 0 radical (unpaired) electrons. The second-order valence-electron chi connectivity index (χ2n) is 6.93. The molecule has 1 atom stereocenters. The Labute approximate surface area is 172 Å². The summed E-state index contributed by atoms with van der Waals surface area (Å²) in [6.45, 7) is 7.23. The van der Waals surface area contributed by atoms with Gasteiger partial charge in [-0.25, -0.2) is 13.4 Å². The normalized spacial score (nSPS) is 12.8. The van der Waals surface area contributed by atoms with Crippen molar-refractivity contribution in [3.8, 4) is 0 Å². The lowest BCUT2D eigenvalue weighted by Crippen LogP contribution is -2.19. The number of nitrogens with zero attached hydrogens (tertiary/aromatic N) is 1. The predicted molar refractivity (Wildman–Crippen MR) is 112 cm³/mol. The van der Waals surface area contributed by atoms with Crippen LogP contribution in [0.2, 0.25) is 0 Å². The molecule has 0 aliphatic rings. The van der Waals surface area contributed by atoms with Crippen molar-refractivity contribution in [2.45, 2.75) is 45.1 Å². The van der Waals surface area contributed by atoms with E-state index < -0.39 is 21.9 Å². The average molecular weight is 435 g/mol. The van der Waals surface area contributed by atoms with E-state index in [2.05, 4.69) is 9.97 Å². The minimum absolute atomic E-state index is 0.170. The third kappa shape index (κ3) is 4.56. The summed E-state index contributed by atoms with van der Waals surface area (Å²) in [5, 5.41) is 0.541. The van der Waals surface area contributed by atoms with Gasteiger partial charge in [0.1, 0.15) is 4.83 Å². The van der Waals surface area contributed by atoms with Gasteiger partial charge in [0.25, 0.3) is 5.56 Å². The monoisotopic (exact) mass is 434 g/mol. The van der Waals surface area contributed by atoms with E-state index in [1.807, 2.05) is 20.8 Å². The van der Waals surface area contributed by atoms with Gasteiger partial charge in [-0.1, -0.05) is 17.7 Å². The van der Waals surface area contributed by atoms with Crippen molar-refractivity contribution in [2.75, 3.05) is 5.75 Å². The molecular weight excluding hydrogens is 412 g/mol. The van der Waals surface area contributed by atoms with Crippen molar-refractivity contribution in [1.82, 2.24) is 9.97 Å². The van der Waals surface area contributed by atoms with Crippen LogP contribution in [-0.2, 0) is 19.4 Å². The fraction of sp³-hybridized carbons (Fsp3) is 0.350. The summed E-state index contributed by atoms with van der Waals surface area (Å²) >= 11 is 1.40. The molecule has 9 heteroatoms. The number of aromatic amines is 1. The number of carbonyl (C=O) groups excluding carboxylic acids is 1. The van der Waals surface area contributed by atoms with Crippen LogP contribution < -0.4 is 5.56 Å². The molecule has 2 heterocycles. The molecule has 2 aromatic heterocycles. The van der Waals surface area contributed by atoms with Crippen LogP contribution >= 0.6 is 11.3 Å². The number of H-pyrrole nitrogens is 1. The lowest BCUT2D eigenvalue weighted by atomic mass is 10.2. The molecule has 0 saturated carbocycles. The van der Waals surface area contributed by atoms with Crippen molar-refractivity contribution >= 4 is 37.4 Å². The number of nitrogens with one attached hydrogen (secondary N) is 1. The number of rotatable bonds is 6. The molecule has 0 saturated heterocycles. The zero-order valence-corrected chi connectivity index (χ0v) is 18.2. The Morgan fingerprint density at radius 3 is 2.52 bits per heavy atom. The summed E-state index contributed by atoms with van der Waals surface area (Å²) < 4.78 is 30.0. The van der Waals surface area contributed by atoms with Crippen molar-refractivity contribution in [3.05, 3.63) is 56.4 Å².